The normalized spacial score (nSPS) is 10.1. The van der Waals surface area contributed by atoms with Gasteiger partial charge >= 0.3 is 0 Å². The summed E-state index contributed by atoms with van der Waals surface area (Å²) < 4.78 is 5.89. The number of hydrogen-bond donors (Lipinski definition) is 0. The highest BCUT2D eigenvalue weighted by Crippen LogP contribution is 2.29. The maximum atomic E-state index is 10.5. The number of benzene rings is 1. The fraction of sp³-hybridized carbons (Fsp3) is 0. The molecule has 0 spiro atoms. The molecule has 8 heteroatoms. The third-order valence-corrected chi connectivity index (χ3v) is 2.85. The molecule has 0 aliphatic rings. The Labute approximate surface area is 102 Å². The van der Waals surface area contributed by atoms with Crippen molar-refractivity contribution in [3.05, 3.63) is 38.3 Å². The van der Waals surface area contributed by atoms with Crippen LogP contribution in [0.2, 0.25) is 0 Å². The van der Waals surface area contributed by atoms with E-state index >= 15 is 0 Å². The van der Waals surface area contributed by atoms with E-state index in [-0.39, 0.29) is 5.69 Å². The van der Waals surface area contributed by atoms with Gasteiger partial charge in [0.2, 0.25) is 0 Å². The predicted octanol–water partition coefficient (Wildman–Crippen LogP) is 3.00. The Morgan fingerprint density at radius 2 is 2.25 bits per heavy atom. The van der Waals surface area contributed by atoms with Gasteiger partial charge in [0.15, 0.2) is 3.92 Å². The Kier molecular flexibility index (Phi) is 3.11. The topological polar surface area (TPSA) is 78.2 Å². The summed E-state index contributed by atoms with van der Waals surface area (Å²) in [6.45, 7) is 0. The molecule has 6 nitrogen and oxygen atoms in total. The second-order valence-electron chi connectivity index (χ2n) is 2.68. The Morgan fingerprint density at radius 3 is 2.88 bits per heavy atom. The van der Waals surface area contributed by atoms with Gasteiger partial charge in [-0.1, -0.05) is 11.2 Å². The summed E-state index contributed by atoms with van der Waals surface area (Å²) in [6, 6.07) is 5.88. The molecule has 0 aliphatic heterocycles. The van der Waals surface area contributed by atoms with Crippen molar-refractivity contribution in [1.82, 2.24) is 10.2 Å². The van der Waals surface area contributed by atoms with Crippen LogP contribution in [-0.4, -0.2) is 15.1 Å². The van der Waals surface area contributed by atoms with Crippen molar-refractivity contribution in [3.63, 3.8) is 0 Å². The van der Waals surface area contributed by atoms with Crippen molar-refractivity contribution in [2.45, 2.75) is 0 Å². The fourth-order valence-electron chi connectivity index (χ4n) is 0.996. The number of nitro groups is 1. The summed E-state index contributed by atoms with van der Waals surface area (Å²) in [4.78, 5) is 10.0. The maximum absolute atomic E-state index is 10.5. The van der Waals surface area contributed by atoms with Crippen LogP contribution in [0.5, 0.6) is 10.9 Å². The van der Waals surface area contributed by atoms with Crippen LogP contribution in [0.15, 0.2) is 28.2 Å². The third-order valence-electron chi connectivity index (χ3n) is 1.62. The maximum Gasteiger partial charge on any atom is 0.300 e. The zero-order valence-corrected chi connectivity index (χ0v) is 10.1. The molecule has 1 aromatic heterocycles. The number of hydrogen-bond acceptors (Lipinski definition) is 6. The van der Waals surface area contributed by atoms with Crippen LogP contribution in [0.4, 0.5) is 5.69 Å². The van der Waals surface area contributed by atoms with Crippen molar-refractivity contribution in [1.29, 1.82) is 0 Å². The first-order chi connectivity index (χ1) is 7.65. The standard InChI is InChI=1S/C8H4BrN3O3S/c9-7-10-11-8(16-7)15-6-3-1-2-5(4-6)12(13)14/h1-4H. The zero-order valence-electron chi connectivity index (χ0n) is 7.66. The van der Waals surface area contributed by atoms with E-state index in [0.29, 0.717) is 14.9 Å². The first-order valence-electron chi connectivity index (χ1n) is 4.06. The van der Waals surface area contributed by atoms with Gasteiger partial charge in [-0.25, -0.2) is 0 Å². The number of ether oxygens (including phenoxy) is 1. The number of non-ortho nitro benzene ring substituents is 1. The van der Waals surface area contributed by atoms with Crippen LogP contribution in [0.25, 0.3) is 0 Å². The van der Waals surface area contributed by atoms with Gasteiger partial charge in [0.1, 0.15) is 5.75 Å². The van der Waals surface area contributed by atoms with Crippen LogP contribution >= 0.6 is 27.3 Å². The first kappa shape index (κ1) is 11.0. The quantitative estimate of drug-likeness (QED) is 0.643. The number of rotatable bonds is 3. The van der Waals surface area contributed by atoms with Gasteiger partial charge in [-0.3, -0.25) is 10.1 Å². The van der Waals surface area contributed by atoms with E-state index in [1.165, 1.54) is 23.5 Å². The summed E-state index contributed by atoms with van der Waals surface area (Å²) in [5, 5.41) is 18.3. The van der Waals surface area contributed by atoms with Gasteiger partial charge in [0, 0.05) is 6.07 Å². The molecule has 0 fully saturated rings. The van der Waals surface area contributed by atoms with Gasteiger partial charge in [-0.15, -0.1) is 5.10 Å². The summed E-state index contributed by atoms with van der Waals surface area (Å²) in [5.41, 5.74) is -0.0268. The Bertz CT molecular complexity index is 531. The first-order valence-corrected chi connectivity index (χ1v) is 5.67. The molecule has 2 rings (SSSR count). The smallest absolute Gasteiger partial charge is 0.300 e. The van der Waals surface area contributed by atoms with Crippen LogP contribution < -0.4 is 4.74 Å². The van der Waals surface area contributed by atoms with E-state index in [1.807, 2.05) is 0 Å². The lowest BCUT2D eigenvalue weighted by Gasteiger charge is -1.99. The minimum Gasteiger partial charge on any atom is -0.430 e. The Balaban J connectivity index is 2.21. The average Bonchev–Trinajstić information content (AvgIpc) is 2.64. The highest BCUT2D eigenvalue weighted by Gasteiger charge is 2.09. The number of halogens is 1. The molecule has 0 amide bonds. The van der Waals surface area contributed by atoms with Gasteiger partial charge in [-0.2, -0.15) is 0 Å². The number of nitro benzene ring substituents is 1. The second-order valence-corrected chi connectivity index (χ2v) is 4.89. The molecule has 1 aromatic carbocycles. The van der Waals surface area contributed by atoms with E-state index in [4.69, 9.17) is 4.74 Å². The van der Waals surface area contributed by atoms with Crippen LogP contribution in [-0.2, 0) is 0 Å². The lowest BCUT2D eigenvalue weighted by Crippen LogP contribution is -1.89. The van der Waals surface area contributed by atoms with Gasteiger partial charge < -0.3 is 4.74 Å². The molecule has 0 bridgehead atoms. The summed E-state index contributed by atoms with van der Waals surface area (Å²) >= 11 is 4.34. The van der Waals surface area contributed by atoms with Crippen molar-refractivity contribution < 1.29 is 9.66 Å². The van der Waals surface area contributed by atoms with Crippen molar-refractivity contribution >= 4 is 33.0 Å². The molecule has 2 aromatic rings. The van der Waals surface area contributed by atoms with Crippen LogP contribution in [0.3, 0.4) is 0 Å². The van der Waals surface area contributed by atoms with E-state index < -0.39 is 4.92 Å². The number of aromatic nitrogens is 2. The van der Waals surface area contributed by atoms with E-state index in [9.17, 15) is 10.1 Å². The molecule has 0 radical (unpaired) electrons. The zero-order chi connectivity index (χ0) is 11.5. The lowest BCUT2D eigenvalue weighted by atomic mass is 10.3. The van der Waals surface area contributed by atoms with Crippen molar-refractivity contribution in [2.24, 2.45) is 0 Å². The van der Waals surface area contributed by atoms with Crippen LogP contribution in [0.1, 0.15) is 0 Å². The van der Waals surface area contributed by atoms with E-state index in [0.717, 1.165) is 0 Å². The second kappa shape index (κ2) is 4.54. The fourth-order valence-corrected chi connectivity index (χ4v) is 1.94. The summed E-state index contributed by atoms with van der Waals surface area (Å²) in [7, 11) is 0. The Morgan fingerprint density at radius 1 is 1.44 bits per heavy atom. The molecule has 0 saturated carbocycles. The average molecular weight is 302 g/mol. The monoisotopic (exact) mass is 301 g/mol. The van der Waals surface area contributed by atoms with Crippen LogP contribution in [0, 0.1) is 10.1 Å². The predicted molar refractivity (Wildman–Crippen MR) is 60.8 cm³/mol. The van der Waals surface area contributed by atoms with Crippen molar-refractivity contribution in [2.75, 3.05) is 0 Å². The highest BCUT2D eigenvalue weighted by molar-refractivity contribution is 9.11. The molecular formula is C8H4BrN3O3S. The molecule has 0 saturated heterocycles. The largest absolute Gasteiger partial charge is 0.430 e. The van der Waals surface area contributed by atoms with Gasteiger partial charge in [0.05, 0.1) is 11.0 Å². The molecule has 16 heavy (non-hydrogen) atoms. The van der Waals surface area contributed by atoms with Gasteiger partial charge in [0.25, 0.3) is 10.9 Å². The number of nitrogens with zero attached hydrogens (tertiary/aromatic N) is 3. The van der Waals surface area contributed by atoms with Gasteiger partial charge in [-0.05, 0) is 33.3 Å². The third kappa shape index (κ3) is 2.52. The molecule has 0 aliphatic carbocycles. The molecule has 0 atom stereocenters. The minimum absolute atomic E-state index is 0.0268. The summed E-state index contributed by atoms with van der Waals surface area (Å²) in [5.74, 6) is 0.359. The van der Waals surface area contributed by atoms with E-state index in [1.54, 1.807) is 12.1 Å². The van der Waals surface area contributed by atoms with Crippen molar-refractivity contribution in [3.8, 4) is 10.9 Å². The SMILES string of the molecule is O=[N+]([O-])c1cccc(Oc2nnc(Br)s2)c1. The lowest BCUT2D eigenvalue weighted by molar-refractivity contribution is -0.384. The molecule has 0 N–H and O–H groups in total. The molecule has 0 unspecified atom stereocenters. The molecular weight excluding hydrogens is 298 g/mol. The molecule has 1 heterocycles. The van der Waals surface area contributed by atoms with E-state index in [2.05, 4.69) is 26.1 Å². The molecule has 82 valence electrons. The summed E-state index contributed by atoms with van der Waals surface area (Å²) in [6.07, 6.45) is 0. The minimum atomic E-state index is -0.483. The highest BCUT2D eigenvalue weighted by atomic mass is 79.9. The Hall–Kier alpha value is -1.54.